The average molecular weight is 661 g/mol. The molecule has 3 aromatic rings. The number of halogens is 1. The smallest absolute Gasteiger partial charge is 0.264 e. The van der Waals surface area contributed by atoms with Gasteiger partial charge in [-0.25, -0.2) is 8.42 Å². The summed E-state index contributed by atoms with van der Waals surface area (Å²) in [5.41, 5.74) is 1.25. The van der Waals surface area contributed by atoms with Gasteiger partial charge in [-0.3, -0.25) is 13.9 Å². The number of benzene rings is 3. The number of anilines is 1. The first kappa shape index (κ1) is 32.9. The molecule has 3 aromatic carbocycles. The molecule has 42 heavy (non-hydrogen) atoms. The molecule has 11 heteroatoms. The van der Waals surface area contributed by atoms with E-state index in [1.54, 1.807) is 31.2 Å². The van der Waals surface area contributed by atoms with Crippen LogP contribution in [-0.4, -0.2) is 57.5 Å². The van der Waals surface area contributed by atoms with Gasteiger partial charge in [-0.2, -0.15) is 0 Å². The highest BCUT2D eigenvalue weighted by molar-refractivity contribution is 9.10. The molecule has 1 N–H and O–H groups in total. The molecular formula is C31H38BrN3O6S. The number of hydrogen-bond donors (Lipinski definition) is 1. The molecule has 0 saturated carbocycles. The van der Waals surface area contributed by atoms with Crippen LogP contribution in [0.3, 0.4) is 0 Å². The first-order valence-corrected chi connectivity index (χ1v) is 15.6. The monoisotopic (exact) mass is 659 g/mol. The van der Waals surface area contributed by atoms with Gasteiger partial charge in [-0.05, 0) is 76.6 Å². The first-order chi connectivity index (χ1) is 19.7. The van der Waals surface area contributed by atoms with Crippen LogP contribution in [0, 0.1) is 6.92 Å². The van der Waals surface area contributed by atoms with Gasteiger partial charge in [0.25, 0.3) is 10.0 Å². The van der Waals surface area contributed by atoms with E-state index >= 15 is 0 Å². The Morgan fingerprint density at radius 2 is 1.57 bits per heavy atom. The highest BCUT2D eigenvalue weighted by Gasteiger charge is 2.34. The number of carbonyl (C=O) groups is 2. The molecule has 0 bridgehead atoms. The van der Waals surface area contributed by atoms with E-state index < -0.39 is 34.1 Å². The Balaban J connectivity index is 2.12. The lowest BCUT2D eigenvalue weighted by atomic mass is 10.1. The maximum atomic E-state index is 14.2. The van der Waals surface area contributed by atoms with Crippen molar-refractivity contribution in [3.05, 3.63) is 82.3 Å². The lowest BCUT2D eigenvalue weighted by Gasteiger charge is -2.33. The number of nitrogens with one attached hydrogen (secondary N) is 1. The lowest BCUT2D eigenvalue weighted by molar-refractivity contribution is -0.140. The molecule has 0 aliphatic rings. The van der Waals surface area contributed by atoms with Crippen LogP contribution in [0.15, 0.2) is 76.1 Å². The van der Waals surface area contributed by atoms with E-state index in [4.69, 9.17) is 9.47 Å². The standard InChI is InChI=1S/C31H38BrN3O6S/c1-21-8-15-26(16-9-21)42(38,39)35(27-18-25(40-6)14-17-28(27)41-7)20-29(36)34(19-23-10-12-24(32)13-11-23)22(2)30(37)33-31(3,4)5/h8-18,22H,19-20H2,1-7H3,(H,33,37). The third kappa shape index (κ3) is 8.25. The van der Waals surface area contributed by atoms with Gasteiger partial charge in [0, 0.05) is 22.6 Å². The third-order valence-corrected chi connectivity index (χ3v) is 8.78. The second-order valence-corrected chi connectivity index (χ2v) is 13.7. The molecular weight excluding hydrogens is 622 g/mol. The van der Waals surface area contributed by atoms with Crippen molar-refractivity contribution in [1.82, 2.24) is 10.2 Å². The zero-order chi connectivity index (χ0) is 31.2. The molecule has 0 aromatic heterocycles. The minimum atomic E-state index is -4.27. The van der Waals surface area contributed by atoms with Crippen LogP contribution in [0.1, 0.15) is 38.8 Å². The van der Waals surface area contributed by atoms with Gasteiger partial charge in [-0.15, -0.1) is 0 Å². The Morgan fingerprint density at radius 3 is 2.12 bits per heavy atom. The van der Waals surface area contributed by atoms with Gasteiger partial charge in [0.1, 0.15) is 24.1 Å². The van der Waals surface area contributed by atoms with Gasteiger partial charge in [-0.1, -0.05) is 45.8 Å². The Hall–Kier alpha value is -3.57. The summed E-state index contributed by atoms with van der Waals surface area (Å²) in [4.78, 5) is 28.8. The molecule has 0 spiro atoms. The molecule has 1 atom stereocenters. The first-order valence-electron chi connectivity index (χ1n) is 13.3. The number of ether oxygens (including phenoxy) is 2. The van der Waals surface area contributed by atoms with E-state index in [-0.39, 0.29) is 28.8 Å². The van der Waals surface area contributed by atoms with Gasteiger partial charge < -0.3 is 19.7 Å². The highest BCUT2D eigenvalue weighted by atomic mass is 79.9. The number of rotatable bonds is 11. The van der Waals surface area contributed by atoms with Crippen LogP contribution in [0.2, 0.25) is 0 Å². The van der Waals surface area contributed by atoms with E-state index in [2.05, 4.69) is 21.2 Å². The molecule has 9 nitrogen and oxygen atoms in total. The van der Waals surface area contributed by atoms with Crippen LogP contribution in [0.4, 0.5) is 5.69 Å². The molecule has 0 heterocycles. The van der Waals surface area contributed by atoms with Crippen molar-refractivity contribution in [3.63, 3.8) is 0 Å². The molecule has 0 radical (unpaired) electrons. The van der Waals surface area contributed by atoms with Crippen molar-refractivity contribution in [2.24, 2.45) is 0 Å². The number of sulfonamides is 1. The van der Waals surface area contributed by atoms with E-state index in [1.807, 2.05) is 52.0 Å². The fourth-order valence-corrected chi connectivity index (χ4v) is 5.87. The fourth-order valence-electron chi connectivity index (χ4n) is 4.19. The number of methoxy groups -OCH3 is 2. The van der Waals surface area contributed by atoms with E-state index in [0.29, 0.717) is 5.75 Å². The highest BCUT2D eigenvalue weighted by Crippen LogP contribution is 2.36. The zero-order valence-electron chi connectivity index (χ0n) is 25.0. The summed E-state index contributed by atoms with van der Waals surface area (Å²) < 4.78 is 41.0. The van der Waals surface area contributed by atoms with Crippen LogP contribution >= 0.6 is 15.9 Å². The van der Waals surface area contributed by atoms with Crippen LogP contribution in [-0.2, 0) is 26.2 Å². The van der Waals surface area contributed by atoms with Crippen LogP contribution < -0.4 is 19.1 Å². The second kappa shape index (κ2) is 13.6. The Morgan fingerprint density at radius 1 is 0.952 bits per heavy atom. The quantitative estimate of drug-likeness (QED) is 0.299. The van der Waals surface area contributed by atoms with Crippen molar-refractivity contribution in [3.8, 4) is 11.5 Å². The lowest BCUT2D eigenvalue weighted by Crippen LogP contribution is -2.54. The zero-order valence-corrected chi connectivity index (χ0v) is 27.4. The SMILES string of the molecule is COc1ccc(OC)c(N(CC(=O)N(Cc2ccc(Br)cc2)C(C)C(=O)NC(C)(C)C)S(=O)(=O)c2ccc(C)cc2)c1. The second-order valence-electron chi connectivity index (χ2n) is 10.9. The topological polar surface area (TPSA) is 105 Å². The maximum Gasteiger partial charge on any atom is 0.264 e. The number of aryl methyl sites for hydroxylation is 1. The Bertz CT molecular complexity index is 1500. The van der Waals surface area contributed by atoms with E-state index in [1.165, 1.54) is 37.3 Å². The Kier molecular flexibility index (Phi) is 10.7. The fraction of sp³-hybridized carbons (Fsp3) is 0.355. The normalized spacial score (nSPS) is 12.3. The van der Waals surface area contributed by atoms with Crippen molar-refractivity contribution >= 4 is 43.5 Å². The van der Waals surface area contributed by atoms with Crippen LogP contribution in [0.5, 0.6) is 11.5 Å². The van der Waals surface area contributed by atoms with Crippen molar-refractivity contribution in [1.29, 1.82) is 0 Å². The summed E-state index contributed by atoms with van der Waals surface area (Å²) in [6.45, 7) is 8.52. The number of carbonyl (C=O) groups excluding carboxylic acids is 2. The summed E-state index contributed by atoms with van der Waals surface area (Å²) in [5, 5.41) is 2.92. The van der Waals surface area contributed by atoms with Gasteiger partial charge >= 0.3 is 0 Å². The summed E-state index contributed by atoms with van der Waals surface area (Å²) >= 11 is 3.42. The predicted molar refractivity (Wildman–Crippen MR) is 167 cm³/mol. The molecule has 0 fully saturated rings. The average Bonchev–Trinajstić information content (AvgIpc) is 2.94. The number of hydrogen-bond acceptors (Lipinski definition) is 6. The largest absolute Gasteiger partial charge is 0.497 e. The molecule has 1 unspecified atom stereocenters. The predicted octanol–water partition coefficient (Wildman–Crippen LogP) is 5.30. The van der Waals surface area contributed by atoms with Gasteiger partial charge in [0.05, 0.1) is 24.8 Å². The molecule has 2 amide bonds. The Labute approximate surface area is 257 Å². The number of amides is 2. The maximum absolute atomic E-state index is 14.2. The minimum absolute atomic E-state index is 0.00348. The van der Waals surface area contributed by atoms with E-state index in [0.717, 1.165) is 19.9 Å². The summed E-state index contributed by atoms with van der Waals surface area (Å²) in [6.07, 6.45) is 0. The third-order valence-electron chi connectivity index (χ3n) is 6.47. The summed E-state index contributed by atoms with van der Waals surface area (Å²) in [6, 6.07) is 17.5. The molecule has 226 valence electrons. The summed E-state index contributed by atoms with van der Waals surface area (Å²) in [7, 11) is -1.38. The minimum Gasteiger partial charge on any atom is -0.497 e. The molecule has 0 aliphatic carbocycles. The van der Waals surface area contributed by atoms with Crippen molar-refractivity contribution in [2.45, 2.75) is 57.6 Å². The summed E-state index contributed by atoms with van der Waals surface area (Å²) in [5.74, 6) is -0.320. The van der Waals surface area contributed by atoms with Crippen molar-refractivity contribution < 1.29 is 27.5 Å². The van der Waals surface area contributed by atoms with Gasteiger partial charge in [0.2, 0.25) is 11.8 Å². The number of nitrogens with zero attached hydrogens (tertiary/aromatic N) is 2. The van der Waals surface area contributed by atoms with E-state index in [9.17, 15) is 18.0 Å². The molecule has 0 saturated heterocycles. The molecule has 0 aliphatic heterocycles. The van der Waals surface area contributed by atoms with Crippen LogP contribution in [0.25, 0.3) is 0 Å². The van der Waals surface area contributed by atoms with Gasteiger partial charge in [0.15, 0.2) is 0 Å². The molecule has 3 rings (SSSR count). The van der Waals surface area contributed by atoms with Crippen molar-refractivity contribution in [2.75, 3.05) is 25.1 Å².